The van der Waals surface area contributed by atoms with E-state index in [9.17, 15) is 0 Å². The van der Waals surface area contributed by atoms with E-state index in [2.05, 4.69) is 0 Å². The highest BCUT2D eigenvalue weighted by Crippen LogP contribution is 2.63. The van der Waals surface area contributed by atoms with Crippen LogP contribution in [0.4, 0.5) is 0 Å². The molecule has 0 amide bonds. The third kappa shape index (κ3) is 13.3. The van der Waals surface area contributed by atoms with Crippen LogP contribution in [-0.4, -0.2) is 62.9 Å². The molecule has 0 aromatic rings. The number of hydrogen-bond acceptors (Lipinski definition) is 7. The predicted octanol–water partition coefficient (Wildman–Crippen LogP) is 6.18. The van der Waals surface area contributed by atoms with Crippen LogP contribution in [0.1, 0.15) is 67.2 Å². The second-order valence-corrected chi connectivity index (χ2v) is 22.4. The Morgan fingerprint density at radius 3 is 1.06 bits per heavy atom. The summed E-state index contributed by atoms with van der Waals surface area (Å²) in [6.07, 6.45) is 3.69. The van der Waals surface area contributed by atoms with Gasteiger partial charge in [0.05, 0.1) is 4.44 Å². The largest absolute Gasteiger partial charge is 0.500 e. The zero-order chi connectivity index (χ0) is 23.8. The average Bonchev–Trinajstić information content (AvgIpc) is 2.67. The van der Waals surface area contributed by atoms with Crippen LogP contribution in [0.25, 0.3) is 0 Å². The van der Waals surface area contributed by atoms with E-state index in [1.807, 2.05) is 41.5 Å². The van der Waals surface area contributed by atoms with E-state index in [0.717, 1.165) is 37.8 Å². The topological polar surface area (TPSA) is 55.4 Å². The Labute approximate surface area is 208 Å². The molecule has 31 heavy (non-hydrogen) atoms. The first-order valence-corrected chi connectivity index (χ1v) is 20.6. The van der Waals surface area contributed by atoms with Gasteiger partial charge in [0.15, 0.2) is 0 Å². The second-order valence-electron chi connectivity index (χ2n) is 6.99. The summed E-state index contributed by atoms with van der Waals surface area (Å²) in [6.45, 7) is 15.4. The summed E-state index contributed by atoms with van der Waals surface area (Å²) >= 11 is 15.1. The predicted molar refractivity (Wildman–Crippen MR) is 145 cm³/mol. The van der Waals surface area contributed by atoms with Crippen molar-refractivity contribution in [2.45, 2.75) is 85.0 Å². The third-order valence-electron chi connectivity index (χ3n) is 4.70. The van der Waals surface area contributed by atoms with E-state index in [-0.39, 0.29) is 5.66 Å². The molecule has 12 heteroatoms. The molecule has 0 radical (unpaired) electrons. The van der Waals surface area contributed by atoms with Gasteiger partial charge in [-0.15, -0.1) is 24.5 Å². The van der Waals surface area contributed by atoms with Crippen molar-refractivity contribution >= 4 is 58.4 Å². The lowest BCUT2D eigenvalue weighted by atomic mass is 10.1. The van der Waals surface area contributed by atoms with Crippen molar-refractivity contribution in [3.05, 3.63) is 0 Å². The molecule has 0 aliphatic rings. The van der Waals surface area contributed by atoms with Crippen LogP contribution in [0.3, 0.4) is 0 Å². The quantitative estimate of drug-likeness (QED) is 0.100. The highest BCUT2D eigenvalue weighted by Gasteiger charge is 2.41. The normalized spacial score (nSPS) is 13.3. The van der Waals surface area contributed by atoms with Crippen molar-refractivity contribution in [1.82, 2.24) is 0 Å². The van der Waals surface area contributed by atoms with E-state index in [1.165, 1.54) is 0 Å². The van der Waals surface area contributed by atoms with E-state index in [0.29, 0.717) is 39.6 Å². The van der Waals surface area contributed by atoms with E-state index in [4.69, 9.17) is 62.9 Å². The highest BCUT2D eigenvalue weighted by atomic mass is 33.2. The first kappa shape index (κ1) is 32.5. The van der Waals surface area contributed by atoms with Crippen LogP contribution in [0.5, 0.6) is 0 Å². The summed E-state index contributed by atoms with van der Waals surface area (Å²) in [7, 11) is -5.28. The summed E-state index contributed by atoms with van der Waals surface area (Å²) in [6, 6.07) is 1.57. The summed E-state index contributed by atoms with van der Waals surface area (Å²) in [5.74, 6) is 0. The zero-order valence-electron chi connectivity index (χ0n) is 20.3. The number of thiol groups is 2. The molecule has 0 rings (SSSR count). The maximum Gasteiger partial charge on any atom is 0.500 e. The van der Waals surface area contributed by atoms with Gasteiger partial charge in [0.1, 0.15) is 0 Å². The highest BCUT2D eigenvalue weighted by molar-refractivity contribution is 8.92. The van der Waals surface area contributed by atoms with Crippen molar-refractivity contribution < 1.29 is 26.6 Å². The van der Waals surface area contributed by atoms with Crippen molar-refractivity contribution in [3.63, 3.8) is 0 Å². The lowest BCUT2D eigenvalue weighted by Gasteiger charge is -2.31. The minimum absolute atomic E-state index is 0.252. The van der Waals surface area contributed by atoms with Crippen molar-refractivity contribution in [2.75, 3.05) is 39.6 Å². The maximum absolute atomic E-state index is 5.98. The Kier molecular flexibility index (Phi) is 18.8. The fraction of sp³-hybridized carbons (Fsp3) is 1.00. The lowest BCUT2D eigenvalue weighted by Crippen LogP contribution is -2.46. The Hall–Kier alpha value is 1.54. The van der Waals surface area contributed by atoms with Crippen LogP contribution in [-0.2, 0) is 38.4 Å². The van der Waals surface area contributed by atoms with Gasteiger partial charge in [-0.1, -0.05) is 11.8 Å². The van der Waals surface area contributed by atoms with E-state index < -0.39 is 22.1 Å². The molecule has 0 aromatic carbocycles. The SMILES string of the molecule is CCO[Si](CCCC(CCC[Si](OCC)(OCC)OCC)P(=S)(S)S)(OCC)OCC. The van der Waals surface area contributed by atoms with E-state index >= 15 is 0 Å². The van der Waals surface area contributed by atoms with Crippen molar-refractivity contribution in [2.24, 2.45) is 0 Å². The summed E-state index contributed by atoms with van der Waals surface area (Å²) in [4.78, 5) is 0. The van der Waals surface area contributed by atoms with Crippen molar-refractivity contribution in [1.29, 1.82) is 0 Å². The number of hydrogen-bond donors (Lipinski definition) is 2. The van der Waals surface area contributed by atoms with Crippen LogP contribution in [0.2, 0.25) is 12.1 Å². The minimum atomic E-state index is -2.64. The van der Waals surface area contributed by atoms with Gasteiger partial charge in [0.25, 0.3) is 0 Å². The van der Waals surface area contributed by atoms with Gasteiger partial charge < -0.3 is 26.6 Å². The Morgan fingerprint density at radius 2 is 0.871 bits per heavy atom. The zero-order valence-corrected chi connectivity index (χ0v) is 25.8. The maximum atomic E-state index is 5.98. The van der Waals surface area contributed by atoms with Crippen LogP contribution in [0.15, 0.2) is 0 Å². The van der Waals surface area contributed by atoms with Crippen molar-refractivity contribution in [3.8, 4) is 0 Å². The summed E-state index contributed by atoms with van der Waals surface area (Å²) < 4.78 is 33.9. The molecule has 6 nitrogen and oxygen atoms in total. The van der Waals surface area contributed by atoms with Crippen LogP contribution < -0.4 is 0 Å². The summed E-state index contributed by atoms with van der Waals surface area (Å²) in [5, 5.41) is 0. The van der Waals surface area contributed by atoms with Gasteiger partial charge in [-0.05, 0) is 67.2 Å². The van der Waals surface area contributed by atoms with Gasteiger partial charge in [0, 0.05) is 57.4 Å². The fourth-order valence-electron chi connectivity index (χ4n) is 3.59. The molecule has 0 spiro atoms. The van der Waals surface area contributed by atoms with Gasteiger partial charge in [0.2, 0.25) is 0 Å². The Morgan fingerprint density at radius 1 is 0.613 bits per heavy atom. The molecule has 0 fully saturated rings. The molecule has 0 N–H and O–H groups in total. The average molecular weight is 553 g/mol. The smallest absolute Gasteiger partial charge is 0.374 e. The first-order valence-electron chi connectivity index (χ1n) is 11.6. The monoisotopic (exact) mass is 552 g/mol. The second kappa shape index (κ2) is 17.9. The molecule has 0 aromatic heterocycles. The summed E-state index contributed by atoms with van der Waals surface area (Å²) in [5.41, 5.74) is 0.252. The Balaban J connectivity index is 5.03. The van der Waals surface area contributed by atoms with Gasteiger partial charge in [-0.2, -0.15) is 0 Å². The van der Waals surface area contributed by atoms with Gasteiger partial charge in [-0.25, -0.2) is 0 Å². The molecule has 0 bridgehead atoms. The molecule has 0 heterocycles. The molecule has 188 valence electrons. The first-order chi connectivity index (χ1) is 14.7. The van der Waals surface area contributed by atoms with Gasteiger partial charge in [-0.3, -0.25) is 0 Å². The molecule has 0 aliphatic heterocycles. The van der Waals surface area contributed by atoms with Crippen LogP contribution in [0, 0.1) is 0 Å². The standard InChI is InChI=1S/C19H45O6PS3Si2/c1-7-20-30(21-8-2,22-9-3)17-13-15-19(26(27,28)29)16-14-18-31(23-10-4,24-11-5)25-12-6/h19H,7-18H2,1-6H3,(H2,27,28,29). The van der Waals surface area contributed by atoms with Gasteiger partial charge >= 0.3 is 17.6 Å². The molecule has 0 aliphatic carbocycles. The molecular formula is C19H45O6PS3Si2. The molecule has 0 atom stereocenters. The molecular weight excluding hydrogens is 508 g/mol. The third-order valence-corrected chi connectivity index (χ3v) is 15.3. The fourth-order valence-corrected chi connectivity index (χ4v) is 11.9. The lowest BCUT2D eigenvalue weighted by molar-refractivity contribution is 0.0703. The number of rotatable bonds is 21. The van der Waals surface area contributed by atoms with Crippen LogP contribution >= 0.6 is 28.9 Å². The minimum Gasteiger partial charge on any atom is -0.374 e. The van der Waals surface area contributed by atoms with E-state index in [1.54, 1.807) is 0 Å². The molecule has 0 saturated carbocycles. The Bertz CT molecular complexity index is 435. The molecule has 0 saturated heterocycles. The molecule has 0 unspecified atom stereocenters.